The number of carboxylic acid groups (broad SMARTS) is 1. The molecule has 1 aromatic heterocycles. The van der Waals surface area contributed by atoms with Crippen LogP contribution in [0.15, 0.2) is 39.7 Å². The van der Waals surface area contributed by atoms with Crippen LogP contribution in [0.25, 0.3) is 11.0 Å². The van der Waals surface area contributed by atoms with E-state index >= 15 is 0 Å². The van der Waals surface area contributed by atoms with Crippen molar-refractivity contribution in [1.29, 1.82) is 0 Å². The molecule has 0 atom stereocenters. The number of carboxylic acids is 1. The number of hydrogen-bond donors (Lipinski definition) is 2. The number of fused-ring (bicyclic) bond motifs is 1. The molecule has 0 spiro atoms. The van der Waals surface area contributed by atoms with Crippen LogP contribution in [0.2, 0.25) is 0 Å². The Morgan fingerprint density at radius 2 is 2.07 bits per heavy atom. The van der Waals surface area contributed by atoms with Crippen molar-refractivity contribution >= 4 is 16.9 Å². The maximum Gasteiger partial charge on any atom is 0.383 e. The van der Waals surface area contributed by atoms with Crippen molar-refractivity contribution in [3.05, 3.63) is 41.0 Å². The van der Waals surface area contributed by atoms with Gasteiger partial charge < -0.3 is 24.1 Å². The molecule has 7 heteroatoms. The summed E-state index contributed by atoms with van der Waals surface area (Å²) in [4.78, 5) is 22.6. The van der Waals surface area contributed by atoms with Gasteiger partial charge in [0.05, 0.1) is 24.7 Å². The Bertz CT molecular complexity index is 851. The molecule has 0 aliphatic carbocycles. The minimum atomic E-state index is -0.972. The maximum atomic E-state index is 12.1. The Labute approximate surface area is 156 Å². The van der Waals surface area contributed by atoms with Gasteiger partial charge in [0, 0.05) is 6.07 Å². The number of aliphatic carboxylic acids is 1. The normalized spacial score (nSPS) is 11.1. The van der Waals surface area contributed by atoms with Crippen LogP contribution in [-0.2, 0) is 4.79 Å². The highest BCUT2D eigenvalue weighted by molar-refractivity contribution is 5.86. The van der Waals surface area contributed by atoms with Gasteiger partial charge in [0.15, 0.2) is 5.75 Å². The fourth-order valence-corrected chi connectivity index (χ4v) is 2.47. The van der Waals surface area contributed by atoms with E-state index in [-0.39, 0.29) is 30.1 Å². The van der Waals surface area contributed by atoms with Gasteiger partial charge in [0.2, 0.25) is 0 Å². The molecule has 0 fully saturated rings. The largest absolute Gasteiger partial charge is 0.504 e. The summed E-state index contributed by atoms with van der Waals surface area (Å²) in [6.07, 6.45) is 8.40. The number of ether oxygens (including phenoxy) is 2. The van der Waals surface area contributed by atoms with E-state index < -0.39 is 11.6 Å². The van der Waals surface area contributed by atoms with Gasteiger partial charge >= 0.3 is 11.6 Å². The second-order valence-corrected chi connectivity index (χ2v) is 6.06. The molecule has 0 saturated carbocycles. The van der Waals surface area contributed by atoms with Crippen LogP contribution in [0.1, 0.15) is 45.4 Å². The van der Waals surface area contributed by atoms with E-state index in [2.05, 4.69) is 6.92 Å². The predicted molar refractivity (Wildman–Crippen MR) is 100 cm³/mol. The molecule has 1 heterocycles. The van der Waals surface area contributed by atoms with E-state index in [0.717, 1.165) is 19.3 Å². The lowest BCUT2D eigenvalue weighted by Crippen LogP contribution is -2.05. The Morgan fingerprint density at radius 1 is 1.26 bits per heavy atom. The lowest BCUT2D eigenvalue weighted by molar-refractivity contribution is -0.137. The van der Waals surface area contributed by atoms with Crippen LogP contribution in [0, 0.1) is 0 Å². The third kappa shape index (κ3) is 6.06. The zero-order valence-electron chi connectivity index (χ0n) is 15.3. The van der Waals surface area contributed by atoms with Gasteiger partial charge in [-0.2, -0.15) is 0 Å². The van der Waals surface area contributed by atoms with Crippen LogP contribution in [0.3, 0.4) is 0 Å². The van der Waals surface area contributed by atoms with E-state index in [1.165, 1.54) is 31.2 Å². The zero-order valence-corrected chi connectivity index (χ0v) is 15.3. The molecule has 0 saturated heterocycles. The highest BCUT2D eigenvalue weighted by Gasteiger charge is 2.15. The van der Waals surface area contributed by atoms with Gasteiger partial charge in [-0.25, -0.2) is 4.79 Å². The Balaban J connectivity index is 2.07. The van der Waals surface area contributed by atoms with Crippen molar-refractivity contribution < 1.29 is 28.9 Å². The summed E-state index contributed by atoms with van der Waals surface area (Å²) < 4.78 is 15.7. The highest BCUT2D eigenvalue weighted by Crippen LogP contribution is 2.33. The first-order chi connectivity index (χ1) is 13.0. The number of unbranched alkanes of at least 4 members (excludes halogenated alkanes) is 4. The summed E-state index contributed by atoms with van der Waals surface area (Å²) in [6.45, 7) is 2.13. The minimum absolute atomic E-state index is 0.0126. The third-order valence-electron chi connectivity index (χ3n) is 3.90. The Morgan fingerprint density at radius 3 is 2.81 bits per heavy atom. The first-order valence-corrected chi connectivity index (χ1v) is 8.99. The molecule has 1 aromatic carbocycles. The summed E-state index contributed by atoms with van der Waals surface area (Å²) in [6, 6.07) is 4.49. The molecule has 2 rings (SSSR count). The van der Waals surface area contributed by atoms with Crippen molar-refractivity contribution in [1.82, 2.24) is 0 Å². The van der Waals surface area contributed by atoms with Gasteiger partial charge in [0.25, 0.3) is 5.75 Å². The van der Waals surface area contributed by atoms with Gasteiger partial charge in [-0.15, -0.1) is 0 Å². The fourth-order valence-electron chi connectivity index (χ4n) is 2.47. The maximum absolute atomic E-state index is 12.1. The average Bonchev–Trinajstić information content (AvgIpc) is 2.62. The predicted octanol–water partition coefficient (Wildman–Crippen LogP) is 4.22. The molecular weight excluding hydrogens is 352 g/mol. The molecular formula is C20H24O7. The lowest BCUT2D eigenvalue weighted by Gasteiger charge is -2.08. The number of aromatic hydroxyl groups is 1. The van der Waals surface area contributed by atoms with Crippen LogP contribution in [0.4, 0.5) is 0 Å². The number of hydrogen-bond acceptors (Lipinski definition) is 6. The minimum Gasteiger partial charge on any atom is -0.504 e. The first kappa shape index (κ1) is 20.4. The van der Waals surface area contributed by atoms with Gasteiger partial charge in [-0.3, -0.25) is 4.79 Å². The molecule has 0 unspecified atom stereocenters. The molecule has 0 radical (unpaired) electrons. The van der Waals surface area contributed by atoms with Crippen molar-refractivity contribution in [3.8, 4) is 17.2 Å². The third-order valence-corrected chi connectivity index (χ3v) is 3.90. The zero-order chi connectivity index (χ0) is 19.6. The van der Waals surface area contributed by atoms with E-state index in [9.17, 15) is 14.7 Å². The molecule has 0 aliphatic heterocycles. The monoisotopic (exact) mass is 376 g/mol. The molecule has 7 nitrogen and oxygen atoms in total. The second kappa shape index (κ2) is 10.3. The van der Waals surface area contributed by atoms with Gasteiger partial charge in [0.1, 0.15) is 11.3 Å². The summed E-state index contributed by atoms with van der Waals surface area (Å²) in [5.74, 6) is -1.21. The number of rotatable bonds is 11. The van der Waals surface area contributed by atoms with Crippen molar-refractivity contribution in [2.75, 3.05) is 6.61 Å². The fraction of sp³-hybridized carbons (Fsp3) is 0.400. The van der Waals surface area contributed by atoms with Gasteiger partial charge in [-0.1, -0.05) is 26.2 Å². The van der Waals surface area contributed by atoms with Crippen LogP contribution >= 0.6 is 0 Å². The number of carbonyl (C=O) groups is 1. The second-order valence-electron chi connectivity index (χ2n) is 6.06. The Hall–Kier alpha value is -2.96. The Kier molecular flexibility index (Phi) is 7.73. The van der Waals surface area contributed by atoms with Crippen molar-refractivity contribution in [3.63, 3.8) is 0 Å². The topological polar surface area (TPSA) is 106 Å². The molecule has 0 bridgehead atoms. The summed E-state index contributed by atoms with van der Waals surface area (Å²) in [5.41, 5.74) is -0.681. The van der Waals surface area contributed by atoms with E-state index in [4.69, 9.17) is 19.0 Å². The van der Waals surface area contributed by atoms with Crippen molar-refractivity contribution in [2.24, 2.45) is 0 Å². The molecule has 27 heavy (non-hydrogen) atoms. The van der Waals surface area contributed by atoms with E-state index in [0.29, 0.717) is 11.1 Å². The van der Waals surface area contributed by atoms with Crippen molar-refractivity contribution in [2.45, 2.75) is 45.4 Å². The smallest absolute Gasteiger partial charge is 0.383 e. The van der Waals surface area contributed by atoms with Crippen LogP contribution in [0.5, 0.6) is 17.2 Å². The van der Waals surface area contributed by atoms with Crippen LogP contribution in [-0.4, -0.2) is 22.8 Å². The summed E-state index contributed by atoms with van der Waals surface area (Å²) in [7, 11) is 0. The average molecular weight is 376 g/mol. The lowest BCUT2D eigenvalue weighted by atomic mass is 10.1. The van der Waals surface area contributed by atoms with E-state index in [1.807, 2.05) is 0 Å². The van der Waals surface area contributed by atoms with Gasteiger partial charge in [-0.05, 0) is 31.1 Å². The molecule has 2 N–H and O–H groups in total. The first-order valence-electron chi connectivity index (χ1n) is 8.99. The highest BCUT2D eigenvalue weighted by atomic mass is 16.5. The molecule has 0 amide bonds. The summed E-state index contributed by atoms with van der Waals surface area (Å²) in [5, 5.41) is 19.2. The quantitative estimate of drug-likeness (QED) is 0.344. The summed E-state index contributed by atoms with van der Waals surface area (Å²) >= 11 is 0. The number of benzene rings is 1. The molecule has 0 aliphatic rings. The molecule has 146 valence electrons. The molecule has 2 aromatic rings. The number of allylic oxidation sites excluding steroid dienone is 1. The SMILES string of the molecule is CCCCCCC=COc1c(O)c2ccc(OCCC(=O)O)cc2oc1=O. The van der Waals surface area contributed by atoms with E-state index in [1.54, 1.807) is 12.1 Å². The van der Waals surface area contributed by atoms with Crippen LogP contribution < -0.4 is 15.1 Å². The standard InChI is InChI=1S/C20H24O7/c1-2-3-4-5-6-7-11-26-19-18(23)15-9-8-14(25-12-10-17(21)22)13-16(15)27-20(19)24/h7-9,11,13,23H,2-6,10,12H2,1H3,(H,21,22).